The number of thioether (sulfide) groups is 1. The van der Waals surface area contributed by atoms with E-state index in [1.54, 1.807) is 0 Å². The zero-order chi connectivity index (χ0) is 24.1. The van der Waals surface area contributed by atoms with E-state index in [0.29, 0.717) is 24.2 Å². The van der Waals surface area contributed by atoms with Crippen LogP contribution in [0.2, 0.25) is 0 Å². The summed E-state index contributed by atoms with van der Waals surface area (Å²) < 4.78 is 11.6. The molecule has 1 aliphatic rings. The predicted octanol–water partition coefficient (Wildman–Crippen LogP) is 4.72. The van der Waals surface area contributed by atoms with E-state index in [2.05, 4.69) is 45.4 Å². The van der Waals surface area contributed by atoms with Gasteiger partial charge < -0.3 is 19.0 Å². The molecule has 1 unspecified atom stereocenters. The molecule has 0 N–H and O–H groups in total. The van der Waals surface area contributed by atoms with Crippen LogP contribution in [0.5, 0.6) is 0 Å². The summed E-state index contributed by atoms with van der Waals surface area (Å²) in [4.78, 5) is 17.1. The number of amides is 1. The van der Waals surface area contributed by atoms with Gasteiger partial charge in [-0.25, -0.2) is 0 Å². The molecule has 0 aliphatic carbocycles. The van der Waals surface area contributed by atoms with E-state index in [-0.39, 0.29) is 17.8 Å². The third-order valence-corrected chi connectivity index (χ3v) is 6.62. The molecular weight excluding hydrogens is 448 g/mol. The lowest BCUT2D eigenvalue weighted by Gasteiger charge is -2.25. The van der Waals surface area contributed by atoms with E-state index in [4.69, 9.17) is 9.15 Å². The van der Waals surface area contributed by atoms with Crippen LogP contribution in [-0.2, 0) is 16.1 Å². The summed E-state index contributed by atoms with van der Waals surface area (Å²) in [5, 5.41) is 8.72. The Bertz CT molecular complexity index is 1090. The highest BCUT2D eigenvalue weighted by molar-refractivity contribution is 7.99. The molecule has 0 spiro atoms. The van der Waals surface area contributed by atoms with Gasteiger partial charge in [0.2, 0.25) is 11.8 Å². The number of anilines is 1. The molecule has 0 radical (unpaired) electrons. The average molecular weight is 481 g/mol. The molecular formula is C26H32N4O3S. The Morgan fingerprint density at radius 2 is 1.82 bits per heavy atom. The first-order chi connectivity index (χ1) is 16.4. The van der Waals surface area contributed by atoms with Gasteiger partial charge in [0.15, 0.2) is 0 Å². The van der Waals surface area contributed by atoms with Crippen molar-refractivity contribution < 1.29 is 13.9 Å². The Morgan fingerprint density at radius 1 is 1.09 bits per heavy atom. The van der Waals surface area contributed by atoms with Crippen LogP contribution >= 0.6 is 11.8 Å². The molecule has 8 heteroatoms. The average Bonchev–Trinajstić information content (AvgIpc) is 3.49. The van der Waals surface area contributed by atoms with Crippen LogP contribution in [-0.4, -0.2) is 60.1 Å². The van der Waals surface area contributed by atoms with E-state index in [1.165, 1.54) is 11.8 Å². The van der Waals surface area contributed by atoms with Crippen molar-refractivity contribution in [3.63, 3.8) is 0 Å². The molecule has 1 atom stereocenters. The number of nitrogens with zero attached hydrogens (tertiary/aromatic N) is 4. The molecule has 34 heavy (non-hydrogen) atoms. The maximum absolute atomic E-state index is 13.2. The van der Waals surface area contributed by atoms with Crippen molar-refractivity contribution in [2.24, 2.45) is 0 Å². The fourth-order valence-electron chi connectivity index (χ4n) is 4.11. The second-order valence-corrected chi connectivity index (χ2v) is 9.93. The Hall–Kier alpha value is -2.84. The monoisotopic (exact) mass is 480 g/mol. The number of aromatic nitrogens is 2. The van der Waals surface area contributed by atoms with Crippen molar-refractivity contribution in [1.82, 2.24) is 15.1 Å². The third kappa shape index (κ3) is 6.39. The van der Waals surface area contributed by atoms with Gasteiger partial charge in [-0.15, -0.1) is 10.2 Å². The standard InChI is InChI=1S/C26H32N4O3S/c1-18-12-19(2)14-21(13-18)25-27-28-26(33-25)34-17-24(31)30(16-23-6-5-11-32-23)15-20-7-9-22(10-8-20)29(3)4/h7-10,12-14,23H,5-6,11,15-17H2,1-4H3. The number of carbonyl (C=O) groups is 1. The summed E-state index contributed by atoms with van der Waals surface area (Å²) in [7, 11) is 4.03. The SMILES string of the molecule is Cc1cc(C)cc(-c2nnc(SCC(=O)N(Cc3ccc(N(C)C)cc3)CC3CCCO3)o2)c1. The summed E-state index contributed by atoms with van der Waals surface area (Å²) in [6.45, 7) is 5.98. The zero-order valence-electron chi connectivity index (χ0n) is 20.3. The number of benzene rings is 2. The van der Waals surface area contributed by atoms with Gasteiger partial charge in [-0.3, -0.25) is 4.79 Å². The molecule has 0 bridgehead atoms. The molecule has 3 aromatic rings. The zero-order valence-corrected chi connectivity index (χ0v) is 21.1. The van der Waals surface area contributed by atoms with Crippen LogP contribution in [0.3, 0.4) is 0 Å². The van der Waals surface area contributed by atoms with Gasteiger partial charge in [-0.2, -0.15) is 0 Å². The summed E-state index contributed by atoms with van der Waals surface area (Å²) >= 11 is 1.28. The second-order valence-electron chi connectivity index (χ2n) is 9.01. The van der Waals surface area contributed by atoms with E-state index < -0.39 is 0 Å². The Labute approximate surface area is 205 Å². The van der Waals surface area contributed by atoms with Gasteiger partial charge in [0.25, 0.3) is 5.22 Å². The van der Waals surface area contributed by atoms with Crippen molar-refractivity contribution in [2.45, 2.75) is 44.6 Å². The largest absolute Gasteiger partial charge is 0.411 e. The third-order valence-electron chi connectivity index (χ3n) is 5.82. The fraction of sp³-hybridized carbons (Fsp3) is 0.423. The lowest BCUT2D eigenvalue weighted by Crippen LogP contribution is -2.38. The van der Waals surface area contributed by atoms with E-state index >= 15 is 0 Å². The summed E-state index contributed by atoms with van der Waals surface area (Å²) in [5.41, 5.74) is 5.40. The molecule has 1 amide bonds. The predicted molar refractivity (Wildman–Crippen MR) is 135 cm³/mol. The fourth-order valence-corrected chi connectivity index (χ4v) is 4.77. The first-order valence-electron chi connectivity index (χ1n) is 11.6. The van der Waals surface area contributed by atoms with Crippen LogP contribution in [0.15, 0.2) is 52.1 Å². The smallest absolute Gasteiger partial charge is 0.277 e. The van der Waals surface area contributed by atoms with Crippen molar-refractivity contribution in [3.05, 3.63) is 59.2 Å². The van der Waals surface area contributed by atoms with E-state index in [0.717, 1.165) is 47.4 Å². The van der Waals surface area contributed by atoms with E-state index in [9.17, 15) is 4.79 Å². The lowest BCUT2D eigenvalue weighted by atomic mass is 10.1. The van der Waals surface area contributed by atoms with Gasteiger partial charge in [0.1, 0.15) is 0 Å². The summed E-state index contributed by atoms with van der Waals surface area (Å²) in [5.74, 6) is 0.735. The second kappa shape index (κ2) is 11.1. The Morgan fingerprint density at radius 3 is 2.47 bits per heavy atom. The summed E-state index contributed by atoms with van der Waals surface area (Å²) in [6.07, 6.45) is 2.12. The van der Waals surface area contributed by atoms with Crippen molar-refractivity contribution in [2.75, 3.05) is 37.9 Å². The minimum atomic E-state index is 0.0309. The van der Waals surface area contributed by atoms with Gasteiger partial charge >= 0.3 is 0 Å². The molecule has 7 nitrogen and oxygen atoms in total. The minimum absolute atomic E-state index is 0.0309. The first kappa shape index (κ1) is 24.3. The topological polar surface area (TPSA) is 71.7 Å². The highest BCUT2D eigenvalue weighted by Gasteiger charge is 2.23. The molecule has 2 heterocycles. The van der Waals surface area contributed by atoms with Crippen LogP contribution in [0.25, 0.3) is 11.5 Å². The van der Waals surface area contributed by atoms with Gasteiger partial charge in [0, 0.05) is 45.0 Å². The minimum Gasteiger partial charge on any atom is -0.411 e. The van der Waals surface area contributed by atoms with Gasteiger partial charge in [0.05, 0.1) is 11.9 Å². The lowest BCUT2D eigenvalue weighted by molar-refractivity contribution is -0.130. The molecule has 1 fully saturated rings. The molecule has 2 aromatic carbocycles. The molecule has 0 saturated carbocycles. The number of hydrogen-bond acceptors (Lipinski definition) is 7. The normalized spacial score (nSPS) is 15.5. The molecule has 4 rings (SSSR count). The van der Waals surface area contributed by atoms with Crippen LogP contribution < -0.4 is 4.90 Å². The summed E-state index contributed by atoms with van der Waals surface area (Å²) in [6, 6.07) is 14.4. The number of hydrogen-bond donors (Lipinski definition) is 0. The maximum atomic E-state index is 13.2. The number of aryl methyl sites for hydroxylation is 2. The van der Waals surface area contributed by atoms with Crippen LogP contribution in [0.4, 0.5) is 5.69 Å². The number of carbonyl (C=O) groups excluding carboxylic acids is 1. The quantitative estimate of drug-likeness (QED) is 0.410. The van der Waals surface area contributed by atoms with Crippen molar-refractivity contribution in [1.29, 1.82) is 0 Å². The molecule has 180 valence electrons. The first-order valence-corrected chi connectivity index (χ1v) is 12.6. The highest BCUT2D eigenvalue weighted by atomic mass is 32.2. The Kier molecular flexibility index (Phi) is 7.90. The van der Waals surface area contributed by atoms with Crippen molar-refractivity contribution >= 4 is 23.4 Å². The molecule has 1 aliphatic heterocycles. The van der Waals surface area contributed by atoms with Gasteiger partial charge in [-0.1, -0.05) is 41.1 Å². The Balaban J connectivity index is 1.41. The number of ether oxygens (including phenoxy) is 1. The van der Waals surface area contributed by atoms with Crippen LogP contribution in [0.1, 0.15) is 29.5 Å². The highest BCUT2D eigenvalue weighted by Crippen LogP contribution is 2.26. The molecule has 1 aromatic heterocycles. The molecule has 1 saturated heterocycles. The number of rotatable bonds is 9. The van der Waals surface area contributed by atoms with Crippen molar-refractivity contribution in [3.8, 4) is 11.5 Å². The van der Waals surface area contributed by atoms with Gasteiger partial charge in [-0.05, 0) is 56.5 Å². The van der Waals surface area contributed by atoms with Crippen LogP contribution in [0, 0.1) is 13.8 Å². The van der Waals surface area contributed by atoms with E-state index in [1.807, 2.05) is 45.0 Å². The maximum Gasteiger partial charge on any atom is 0.277 e.